The van der Waals surface area contributed by atoms with Gasteiger partial charge in [0.05, 0.1) is 30.2 Å². The van der Waals surface area contributed by atoms with Crippen molar-refractivity contribution in [2.75, 3.05) is 63.9 Å². The molecule has 1 amide bonds. The van der Waals surface area contributed by atoms with Crippen LogP contribution in [0.25, 0.3) is 21.6 Å². The summed E-state index contributed by atoms with van der Waals surface area (Å²) in [4.78, 5) is 29.9. The number of benzene rings is 1. The molecule has 30 heavy (non-hydrogen) atoms. The molecule has 0 spiro atoms. The summed E-state index contributed by atoms with van der Waals surface area (Å²) in [7, 11) is 0. The van der Waals surface area contributed by atoms with E-state index in [4.69, 9.17) is 14.7 Å². The zero-order valence-electron chi connectivity index (χ0n) is 16.9. The van der Waals surface area contributed by atoms with Crippen LogP contribution in [0.3, 0.4) is 0 Å². The summed E-state index contributed by atoms with van der Waals surface area (Å²) in [5.41, 5.74) is 0.968. The monoisotopic (exact) mass is 423 g/mol. The lowest BCUT2D eigenvalue weighted by molar-refractivity contribution is -0.136. The summed E-state index contributed by atoms with van der Waals surface area (Å²) >= 11 is 1.66. The van der Waals surface area contributed by atoms with Gasteiger partial charge in [-0.15, -0.1) is 11.3 Å². The molecule has 0 radical (unpaired) electrons. The van der Waals surface area contributed by atoms with Gasteiger partial charge in [0.25, 0.3) is 0 Å². The first kappa shape index (κ1) is 19.4. The highest BCUT2D eigenvalue weighted by Crippen LogP contribution is 2.30. The fourth-order valence-corrected chi connectivity index (χ4v) is 4.70. The van der Waals surface area contributed by atoms with Crippen LogP contribution in [0.4, 0.5) is 5.82 Å². The second-order valence-electron chi connectivity index (χ2n) is 7.62. The lowest BCUT2D eigenvalue weighted by atomic mass is 10.2. The number of rotatable bonds is 4. The lowest BCUT2D eigenvalue weighted by Crippen LogP contribution is -2.51. The maximum absolute atomic E-state index is 12.6. The lowest BCUT2D eigenvalue weighted by Gasteiger charge is -2.37. The first-order valence-electron chi connectivity index (χ1n) is 10.4. The molecule has 0 N–H and O–H groups in total. The summed E-state index contributed by atoms with van der Waals surface area (Å²) in [6.45, 7) is 6.58. The van der Waals surface area contributed by atoms with E-state index in [0.717, 1.165) is 53.6 Å². The molecule has 7 nitrogen and oxygen atoms in total. The molecular weight excluding hydrogens is 398 g/mol. The van der Waals surface area contributed by atoms with Crippen molar-refractivity contribution in [2.45, 2.75) is 0 Å². The Labute approximate surface area is 179 Å². The first-order valence-corrected chi connectivity index (χ1v) is 11.3. The number of carbonyl (C=O) groups excluding carboxylic acids is 1. The number of piperazine rings is 1. The normalized spacial score (nSPS) is 18.1. The van der Waals surface area contributed by atoms with E-state index in [1.807, 2.05) is 23.1 Å². The average Bonchev–Trinajstić information content (AvgIpc) is 3.35. The maximum Gasteiger partial charge on any atom is 0.236 e. The van der Waals surface area contributed by atoms with Gasteiger partial charge in [-0.2, -0.15) is 0 Å². The molecule has 2 aromatic heterocycles. The molecule has 2 aliphatic heterocycles. The predicted octanol–water partition coefficient (Wildman–Crippen LogP) is 2.34. The molecule has 2 aliphatic rings. The molecular formula is C22H25N5O2S. The van der Waals surface area contributed by atoms with Gasteiger partial charge in [-0.3, -0.25) is 9.69 Å². The van der Waals surface area contributed by atoms with Crippen molar-refractivity contribution in [3.63, 3.8) is 0 Å². The molecule has 0 bridgehead atoms. The summed E-state index contributed by atoms with van der Waals surface area (Å²) in [6, 6.07) is 12.3. The molecule has 2 saturated heterocycles. The summed E-state index contributed by atoms with van der Waals surface area (Å²) in [5, 5.41) is 3.13. The zero-order valence-corrected chi connectivity index (χ0v) is 17.7. The van der Waals surface area contributed by atoms with Gasteiger partial charge >= 0.3 is 0 Å². The topological polar surface area (TPSA) is 61.8 Å². The number of para-hydroxylation sites is 1. The van der Waals surface area contributed by atoms with E-state index in [9.17, 15) is 4.79 Å². The van der Waals surface area contributed by atoms with Crippen molar-refractivity contribution in [2.24, 2.45) is 0 Å². The zero-order chi connectivity index (χ0) is 20.3. The summed E-state index contributed by atoms with van der Waals surface area (Å²) in [5.74, 6) is 1.98. The average molecular weight is 424 g/mol. The van der Waals surface area contributed by atoms with E-state index < -0.39 is 0 Å². The fraction of sp³-hybridized carbons (Fsp3) is 0.409. The van der Waals surface area contributed by atoms with E-state index in [1.165, 1.54) is 0 Å². The Morgan fingerprint density at radius 1 is 0.967 bits per heavy atom. The first-order chi connectivity index (χ1) is 14.8. The third kappa shape index (κ3) is 4.03. The van der Waals surface area contributed by atoms with Gasteiger partial charge in [0, 0.05) is 44.7 Å². The van der Waals surface area contributed by atoms with Gasteiger partial charge in [0.2, 0.25) is 5.91 Å². The number of aromatic nitrogens is 2. The minimum Gasteiger partial charge on any atom is -0.378 e. The number of ether oxygens (including phenoxy) is 1. The molecule has 1 aromatic carbocycles. The van der Waals surface area contributed by atoms with Crippen LogP contribution in [-0.2, 0) is 9.53 Å². The summed E-state index contributed by atoms with van der Waals surface area (Å²) in [6.07, 6.45) is 0. The van der Waals surface area contributed by atoms with Gasteiger partial charge in [0.1, 0.15) is 5.82 Å². The second kappa shape index (κ2) is 8.67. The number of amides is 1. The highest BCUT2D eigenvalue weighted by atomic mass is 32.1. The van der Waals surface area contributed by atoms with Crippen LogP contribution in [0.15, 0.2) is 41.8 Å². The van der Waals surface area contributed by atoms with Crippen molar-refractivity contribution >= 4 is 34.0 Å². The van der Waals surface area contributed by atoms with E-state index in [0.29, 0.717) is 32.8 Å². The molecule has 8 heteroatoms. The van der Waals surface area contributed by atoms with Crippen LogP contribution in [0.1, 0.15) is 0 Å². The molecule has 0 saturated carbocycles. The van der Waals surface area contributed by atoms with Crippen LogP contribution < -0.4 is 4.90 Å². The molecule has 156 valence electrons. The quantitative estimate of drug-likeness (QED) is 0.642. The maximum atomic E-state index is 12.6. The second-order valence-corrected chi connectivity index (χ2v) is 8.57. The van der Waals surface area contributed by atoms with E-state index in [2.05, 4.69) is 33.4 Å². The van der Waals surface area contributed by atoms with E-state index in [-0.39, 0.29) is 5.91 Å². The van der Waals surface area contributed by atoms with Gasteiger partial charge in [-0.05, 0) is 23.6 Å². The van der Waals surface area contributed by atoms with Gasteiger partial charge < -0.3 is 14.5 Å². The molecule has 0 aliphatic carbocycles. The molecule has 5 rings (SSSR count). The predicted molar refractivity (Wildman–Crippen MR) is 119 cm³/mol. The van der Waals surface area contributed by atoms with Crippen molar-refractivity contribution in [3.8, 4) is 10.7 Å². The van der Waals surface area contributed by atoms with Crippen LogP contribution in [0.5, 0.6) is 0 Å². The number of fused-ring (bicyclic) bond motifs is 1. The van der Waals surface area contributed by atoms with E-state index in [1.54, 1.807) is 11.3 Å². The van der Waals surface area contributed by atoms with Gasteiger partial charge in [-0.1, -0.05) is 18.2 Å². The summed E-state index contributed by atoms with van der Waals surface area (Å²) < 4.78 is 5.35. The Kier molecular flexibility index (Phi) is 5.61. The van der Waals surface area contributed by atoms with Crippen LogP contribution in [0.2, 0.25) is 0 Å². The molecule has 3 aromatic rings. The molecule has 0 atom stereocenters. The minimum absolute atomic E-state index is 0.208. The SMILES string of the molecule is O=C(CN1CCN(c2nc(-c3cccs3)nc3ccccc23)CC1)N1CCOCC1. The van der Waals surface area contributed by atoms with Crippen LogP contribution >= 0.6 is 11.3 Å². The third-order valence-corrected chi connectivity index (χ3v) is 6.58. The smallest absolute Gasteiger partial charge is 0.236 e. The largest absolute Gasteiger partial charge is 0.378 e. The molecule has 0 unspecified atom stereocenters. The highest BCUT2D eigenvalue weighted by Gasteiger charge is 2.25. The number of hydrogen-bond acceptors (Lipinski definition) is 7. The Hall–Kier alpha value is -2.55. The highest BCUT2D eigenvalue weighted by molar-refractivity contribution is 7.13. The van der Waals surface area contributed by atoms with E-state index >= 15 is 0 Å². The Morgan fingerprint density at radius 3 is 2.53 bits per heavy atom. The third-order valence-electron chi connectivity index (χ3n) is 5.72. The minimum atomic E-state index is 0.208. The Balaban J connectivity index is 1.31. The number of carbonyl (C=O) groups is 1. The van der Waals surface area contributed by atoms with Crippen molar-refractivity contribution in [1.82, 2.24) is 19.8 Å². The molecule has 4 heterocycles. The number of hydrogen-bond donors (Lipinski definition) is 0. The van der Waals surface area contributed by atoms with Crippen molar-refractivity contribution in [1.29, 1.82) is 0 Å². The Bertz CT molecular complexity index is 1010. The van der Waals surface area contributed by atoms with Crippen molar-refractivity contribution in [3.05, 3.63) is 41.8 Å². The number of morpholine rings is 1. The van der Waals surface area contributed by atoms with Gasteiger partial charge in [0.15, 0.2) is 5.82 Å². The molecule has 2 fully saturated rings. The van der Waals surface area contributed by atoms with Crippen molar-refractivity contribution < 1.29 is 9.53 Å². The number of thiophene rings is 1. The number of anilines is 1. The Morgan fingerprint density at radius 2 is 1.77 bits per heavy atom. The standard InChI is InChI=1S/C22H25N5O2S/c28-20(26-11-13-29-14-12-26)16-25-7-9-27(10-8-25)22-17-4-1-2-5-18(17)23-21(24-22)19-6-3-15-30-19/h1-6,15H,7-14,16H2. The van der Waals surface area contributed by atoms with Crippen LogP contribution in [0, 0.1) is 0 Å². The van der Waals surface area contributed by atoms with Crippen LogP contribution in [-0.4, -0.2) is 84.7 Å². The van der Waals surface area contributed by atoms with Gasteiger partial charge in [-0.25, -0.2) is 9.97 Å². The number of nitrogens with zero attached hydrogens (tertiary/aromatic N) is 5. The fourth-order valence-electron chi connectivity index (χ4n) is 4.04.